The highest BCUT2D eigenvalue weighted by Crippen LogP contribution is 2.27. The highest BCUT2D eigenvalue weighted by molar-refractivity contribution is 7.15. The van der Waals surface area contributed by atoms with E-state index in [9.17, 15) is 10.1 Å². The summed E-state index contributed by atoms with van der Waals surface area (Å²) >= 11 is 7.43. The second kappa shape index (κ2) is 9.98. The number of nitriles is 1. The average Bonchev–Trinajstić information content (AvgIpc) is 3.52. The lowest BCUT2D eigenvalue weighted by molar-refractivity contribution is -0.112. The highest BCUT2D eigenvalue weighted by atomic mass is 35.5. The van der Waals surface area contributed by atoms with Gasteiger partial charge in [0.15, 0.2) is 5.13 Å². The van der Waals surface area contributed by atoms with Crippen LogP contribution in [0.5, 0.6) is 0 Å². The first-order valence-electron chi connectivity index (χ1n) is 10.8. The summed E-state index contributed by atoms with van der Waals surface area (Å²) in [6, 6.07) is 27.1. The van der Waals surface area contributed by atoms with Gasteiger partial charge in [0.05, 0.1) is 0 Å². The minimum atomic E-state index is -0.542. The Labute approximate surface area is 210 Å². The van der Waals surface area contributed by atoms with Crippen LogP contribution in [0.3, 0.4) is 0 Å². The molecule has 2 heterocycles. The Kier molecular flexibility index (Phi) is 6.44. The first-order chi connectivity index (χ1) is 17.1. The first-order valence-corrected chi connectivity index (χ1v) is 12.0. The predicted octanol–water partition coefficient (Wildman–Crippen LogP) is 7.35. The third-order valence-electron chi connectivity index (χ3n) is 5.41. The van der Waals surface area contributed by atoms with Crippen LogP contribution in [0.4, 0.5) is 5.13 Å². The van der Waals surface area contributed by atoms with Gasteiger partial charge in [-0.3, -0.25) is 10.1 Å². The molecule has 1 amide bonds. The molecule has 3 aromatic carbocycles. The van der Waals surface area contributed by atoms with Crippen LogP contribution in [0.25, 0.3) is 28.2 Å². The Bertz CT molecular complexity index is 1600. The van der Waals surface area contributed by atoms with E-state index in [-0.39, 0.29) is 5.57 Å². The molecule has 0 bridgehead atoms. The number of nitrogens with zero attached hydrogens (tertiary/aromatic N) is 2. The highest BCUT2D eigenvalue weighted by Gasteiger charge is 2.14. The fraction of sp³-hybridized carbons (Fsp3) is 0.0357. The van der Waals surface area contributed by atoms with Gasteiger partial charge in [0.1, 0.15) is 23.2 Å². The van der Waals surface area contributed by atoms with Gasteiger partial charge in [-0.05, 0) is 40.6 Å². The third kappa shape index (κ3) is 5.17. The number of aromatic nitrogens is 1. The van der Waals surface area contributed by atoms with E-state index in [1.807, 2.05) is 36.4 Å². The van der Waals surface area contributed by atoms with Crippen LogP contribution in [-0.2, 0) is 11.2 Å². The van der Waals surface area contributed by atoms with Crippen LogP contribution in [0.2, 0.25) is 5.02 Å². The molecule has 35 heavy (non-hydrogen) atoms. The third-order valence-corrected chi connectivity index (χ3v) is 6.55. The minimum absolute atomic E-state index is 0.0807. The van der Waals surface area contributed by atoms with Crippen molar-refractivity contribution in [2.45, 2.75) is 6.42 Å². The maximum Gasteiger partial charge on any atom is 0.268 e. The number of halogens is 1. The summed E-state index contributed by atoms with van der Waals surface area (Å²) in [5.41, 5.74) is 1.92. The number of anilines is 1. The standard InChI is InChI=1S/C28H18ClN3O2S/c29-22-9-4-8-20(13-22)26-12-11-23(34-26)14-21(16-30)27(33)32-28-31-17-24(35-28)15-19-7-3-6-18-5-1-2-10-25(18)19/h1-14,17H,15H2,(H,31,32,33). The molecule has 0 aliphatic carbocycles. The van der Waals surface area contributed by atoms with Gasteiger partial charge in [-0.1, -0.05) is 66.2 Å². The van der Waals surface area contributed by atoms with Gasteiger partial charge >= 0.3 is 0 Å². The molecule has 0 fully saturated rings. The van der Waals surface area contributed by atoms with Crippen molar-refractivity contribution in [2.24, 2.45) is 0 Å². The van der Waals surface area contributed by atoms with Gasteiger partial charge in [0, 0.05) is 34.2 Å². The van der Waals surface area contributed by atoms with E-state index in [0.717, 1.165) is 10.4 Å². The van der Waals surface area contributed by atoms with Gasteiger partial charge in [-0.15, -0.1) is 11.3 Å². The fourth-order valence-corrected chi connectivity index (χ4v) is 4.78. The molecule has 0 atom stereocenters. The van der Waals surface area contributed by atoms with Crippen molar-refractivity contribution in [2.75, 3.05) is 5.32 Å². The molecule has 0 aliphatic rings. The summed E-state index contributed by atoms with van der Waals surface area (Å²) < 4.78 is 5.78. The van der Waals surface area contributed by atoms with E-state index in [1.54, 1.807) is 30.5 Å². The van der Waals surface area contributed by atoms with Crippen molar-refractivity contribution in [1.82, 2.24) is 4.98 Å². The van der Waals surface area contributed by atoms with E-state index in [2.05, 4.69) is 34.6 Å². The molecular weight excluding hydrogens is 478 g/mol. The van der Waals surface area contributed by atoms with Crippen LogP contribution in [0.1, 0.15) is 16.2 Å². The van der Waals surface area contributed by atoms with Crippen LogP contribution < -0.4 is 5.32 Å². The number of fused-ring (bicyclic) bond motifs is 1. The van der Waals surface area contributed by atoms with E-state index in [1.165, 1.54) is 33.7 Å². The van der Waals surface area contributed by atoms with E-state index >= 15 is 0 Å². The predicted molar refractivity (Wildman–Crippen MR) is 140 cm³/mol. The van der Waals surface area contributed by atoms with E-state index in [4.69, 9.17) is 16.0 Å². The zero-order chi connectivity index (χ0) is 24.2. The van der Waals surface area contributed by atoms with Crippen molar-refractivity contribution < 1.29 is 9.21 Å². The fourth-order valence-electron chi connectivity index (χ4n) is 3.76. The van der Waals surface area contributed by atoms with Crippen LogP contribution >= 0.6 is 22.9 Å². The monoisotopic (exact) mass is 495 g/mol. The molecule has 0 unspecified atom stereocenters. The summed E-state index contributed by atoms with van der Waals surface area (Å²) in [5.74, 6) is 0.441. The number of nitrogens with one attached hydrogen (secondary N) is 1. The molecule has 0 radical (unpaired) electrons. The summed E-state index contributed by atoms with van der Waals surface area (Å²) in [5, 5.41) is 15.7. The molecule has 170 valence electrons. The normalized spacial score (nSPS) is 11.4. The number of amides is 1. The largest absolute Gasteiger partial charge is 0.457 e. The Balaban J connectivity index is 1.29. The number of thiazole rings is 1. The number of benzene rings is 3. The molecule has 0 spiro atoms. The molecule has 2 aromatic heterocycles. The van der Waals surface area contributed by atoms with Gasteiger partial charge in [-0.25, -0.2) is 4.98 Å². The number of hydrogen-bond acceptors (Lipinski definition) is 5. The summed E-state index contributed by atoms with van der Waals surface area (Å²) in [6.45, 7) is 0. The second-order valence-electron chi connectivity index (χ2n) is 7.78. The Morgan fingerprint density at radius 2 is 1.91 bits per heavy atom. The Morgan fingerprint density at radius 3 is 2.77 bits per heavy atom. The van der Waals surface area contributed by atoms with Crippen LogP contribution in [0.15, 0.2) is 95.0 Å². The first kappa shape index (κ1) is 22.6. The second-order valence-corrected chi connectivity index (χ2v) is 9.33. The maximum atomic E-state index is 12.7. The lowest BCUT2D eigenvalue weighted by Crippen LogP contribution is -2.13. The summed E-state index contributed by atoms with van der Waals surface area (Å²) in [7, 11) is 0. The van der Waals surface area contributed by atoms with Crippen LogP contribution in [-0.4, -0.2) is 10.9 Å². The number of carbonyl (C=O) groups excluding carboxylic acids is 1. The summed E-state index contributed by atoms with van der Waals surface area (Å²) in [4.78, 5) is 18.1. The van der Waals surface area contributed by atoms with Gasteiger partial charge < -0.3 is 4.42 Å². The molecule has 0 saturated heterocycles. The number of furan rings is 1. The maximum absolute atomic E-state index is 12.7. The van der Waals surface area contributed by atoms with Crippen LogP contribution in [0, 0.1) is 11.3 Å². The Morgan fingerprint density at radius 1 is 1.09 bits per heavy atom. The molecule has 1 N–H and O–H groups in total. The lowest BCUT2D eigenvalue weighted by atomic mass is 10.0. The molecule has 7 heteroatoms. The van der Waals surface area contributed by atoms with Crippen molar-refractivity contribution in [3.05, 3.63) is 112 Å². The van der Waals surface area contributed by atoms with Gasteiger partial charge in [0.25, 0.3) is 5.91 Å². The van der Waals surface area contributed by atoms with Gasteiger partial charge in [0.2, 0.25) is 0 Å². The molecule has 5 aromatic rings. The summed E-state index contributed by atoms with van der Waals surface area (Å²) in [6.07, 6.45) is 3.87. The topological polar surface area (TPSA) is 78.9 Å². The lowest BCUT2D eigenvalue weighted by Gasteiger charge is -2.04. The van der Waals surface area contributed by atoms with Crippen molar-refractivity contribution in [3.63, 3.8) is 0 Å². The quantitative estimate of drug-likeness (QED) is 0.197. The Hall–Kier alpha value is -4.18. The minimum Gasteiger partial charge on any atom is -0.457 e. The van der Waals surface area contributed by atoms with Crippen molar-refractivity contribution in [3.8, 4) is 17.4 Å². The number of rotatable bonds is 6. The molecule has 0 aliphatic heterocycles. The molecule has 5 rings (SSSR count). The van der Waals surface area contributed by atoms with E-state index < -0.39 is 5.91 Å². The van der Waals surface area contributed by atoms with Crippen molar-refractivity contribution >= 4 is 50.8 Å². The van der Waals surface area contributed by atoms with E-state index in [0.29, 0.717) is 28.1 Å². The number of carbonyl (C=O) groups is 1. The molecule has 0 saturated carbocycles. The van der Waals surface area contributed by atoms with Crippen molar-refractivity contribution in [1.29, 1.82) is 5.26 Å². The zero-order valence-electron chi connectivity index (χ0n) is 18.4. The SMILES string of the molecule is N#CC(=Cc1ccc(-c2cccc(Cl)c2)o1)C(=O)Nc1ncc(Cc2cccc3ccccc23)s1. The van der Waals surface area contributed by atoms with Gasteiger partial charge in [-0.2, -0.15) is 5.26 Å². The zero-order valence-corrected chi connectivity index (χ0v) is 19.9. The number of hydrogen-bond donors (Lipinski definition) is 1. The molecule has 5 nitrogen and oxygen atoms in total. The average molecular weight is 496 g/mol. The molecular formula is C28H18ClN3O2S. The smallest absolute Gasteiger partial charge is 0.268 e.